The number of Topliss-reactive ketones (excluding diaryl/α,β-unsaturated/α-hetero) is 1. The maximum Gasteiger partial charge on any atom is 0.331 e. The molecule has 0 aliphatic carbocycles. The molecule has 12 heavy (non-hydrogen) atoms. The molecule has 0 aromatic heterocycles. The zero-order valence-corrected chi connectivity index (χ0v) is 7.04. The van der Waals surface area contributed by atoms with Gasteiger partial charge in [-0.15, -0.1) is 0 Å². The van der Waals surface area contributed by atoms with Gasteiger partial charge in [0.25, 0.3) is 0 Å². The molecule has 5 nitrogen and oxygen atoms in total. The molecule has 0 spiro atoms. The van der Waals surface area contributed by atoms with Crippen molar-refractivity contribution in [3.63, 3.8) is 0 Å². The van der Waals surface area contributed by atoms with E-state index in [0.29, 0.717) is 13.0 Å². The van der Waals surface area contributed by atoms with E-state index >= 15 is 0 Å². The summed E-state index contributed by atoms with van der Waals surface area (Å²) in [6.07, 6.45) is 0.524. The molecule has 0 bridgehead atoms. The maximum atomic E-state index is 10.9. The van der Waals surface area contributed by atoms with Crippen LogP contribution in [0.1, 0.15) is 19.8 Å². The lowest BCUT2D eigenvalue weighted by Crippen LogP contribution is -2.54. The third-order valence-electron chi connectivity index (χ3n) is 1.79. The number of carboxylic acid groups (broad SMARTS) is 1. The van der Waals surface area contributed by atoms with Crippen LogP contribution >= 0.6 is 0 Å². The SMILES string of the molecule is CC(=O)C(N)(CCCN)C(=O)O. The third-order valence-corrected chi connectivity index (χ3v) is 1.79. The number of carboxylic acids is 1. The summed E-state index contributed by atoms with van der Waals surface area (Å²) in [4.78, 5) is 21.4. The molecule has 5 heteroatoms. The van der Waals surface area contributed by atoms with Gasteiger partial charge < -0.3 is 16.6 Å². The first kappa shape index (κ1) is 11.1. The van der Waals surface area contributed by atoms with Crippen LogP contribution in [0.15, 0.2) is 0 Å². The Balaban J connectivity index is 4.40. The minimum absolute atomic E-state index is 0.0914. The average molecular weight is 174 g/mol. The molecule has 0 aliphatic heterocycles. The Morgan fingerprint density at radius 2 is 2.00 bits per heavy atom. The molecular formula is C7H14N2O3. The van der Waals surface area contributed by atoms with Gasteiger partial charge >= 0.3 is 5.97 Å². The molecule has 70 valence electrons. The second-order valence-electron chi connectivity index (χ2n) is 2.72. The standard InChI is InChI=1S/C7H14N2O3/c1-5(10)7(9,6(11)12)3-2-4-8/h2-4,8-9H2,1H3,(H,11,12). The molecule has 1 unspecified atom stereocenters. The highest BCUT2D eigenvalue weighted by molar-refractivity contribution is 6.06. The highest BCUT2D eigenvalue weighted by atomic mass is 16.4. The Morgan fingerprint density at radius 1 is 1.50 bits per heavy atom. The van der Waals surface area contributed by atoms with Gasteiger partial charge in [0.2, 0.25) is 0 Å². The van der Waals surface area contributed by atoms with Crippen LogP contribution in [0, 0.1) is 0 Å². The van der Waals surface area contributed by atoms with Crippen molar-refractivity contribution in [3.05, 3.63) is 0 Å². The Labute approximate surface area is 70.7 Å². The molecule has 0 aromatic rings. The van der Waals surface area contributed by atoms with Crippen molar-refractivity contribution in [2.24, 2.45) is 11.5 Å². The van der Waals surface area contributed by atoms with E-state index < -0.39 is 17.3 Å². The van der Waals surface area contributed by atoms with E-state index in [1.54, 1.807) is 0 Å². The van der Waals surface area contributed by atoms with Gasteiger partial charge in [-0.05, 0) is 26.3 Å². The summed E-state index contributed by atoms with van der Waals surface area (Å²) in [6.45, 7) is 1.50. The highest BCUT2D eigenvalue weighted by Gasteiger charge is 2.38. The molecule has 0 amide bonds. The Hall–Kier alpha value is -0.940. The fourth-order valence-corrected chi connectivity index (χ4v) is 0.814. The van der Waals surface area contributed by atoms with E-state index in [1.807, 2.05) is 0 Å². The van der Waals surface area contributed by atoms with Crippen molar-refractivity contribution in [2.75, 3.05) is 6.54 Å². The predicted octanol–water partition coefficient (Wildman–Crippen LogP) is -0.904. The second-order valence-corrected chi connectivity index (χ2v) is 2.72. The third kappa shape index (κ3) is 2.28. The number of ketones is 1. The zero-order valence-electron chi connectivity index (χ0n) is 7.04. The van der Waals surface area contributed by atoms with Crippen LogP contribution in [0.25, 0.3) is 0 Å². The van der Waals surface area contributed by atoms with E-state index in [0.717, 1.165) is 0 Å². The van der Waals surface area contributed by atoms with Crippen molar-refractivity contribution >= 4 is 11.8 Å². The van der Waals surface area contributed by atoms with E-state index in [-0.39, 0.29) is 6.42 Å². The summed E-state index contributed by atoms with van der Waals surface area (Å²) in [6, 6.07) is 0. The smallest absolute Gasteiger partial charge is 0.331 e. The summed E-state index contributed by atoms with van der Waals surface area (Å²) in [5.74, 6) is -1.83. The van der Waals surface area contributed by atoms with Gasteiger partial charge in [0.1, 0.15) is 0 Å². The lowest BCUT2D eigenvalue weighted by molar-refractivity contribution is -0.148. The molecule has 5 N–H and O–H groups in total. The van der Waals surface area contributed by atoms with E-state index in [2.05, 4.69) is 0 Å². The number of rotatable bonds is 5. The Bertz CT molecular complexity index is 177. The molecule has 0 radical (unpaired) electrons. The minimum atomic E-state index is -1.75. The quantitative estimate of drug-likeness (QED) is 0.468. The van der Waals surface area contributed by atoms with Crippen molar-refractivity contribution in [1.82, 2.24) is 0 Å². The van der Waals surface area contributed by atoms with Crippen LogP contribution in [0.4, 0.5) is 0 Å². The first-order valence-corrected chi connectivity index (χ1v) is 3.68. The van der Waals surface area contributed by atoms with Gasteiger partial charge in [0, 0.05) is 0 Å². The van der Waals surface area contributed by atoms with Crippen LogP contribution < -0.4 is 11.5 Å². The number of aliphatic carboxylic acids is 1. The summed E-state index contributed by atoms with van der Waals surface area (Å²) in [5.41, 5.74) is 8.79. The van der Waals surface area contributed by atoms with Crippen LogP contribution in [0.5, 0.6) is 0 Å². The van der Waals surface area contributed by atoms with Gasteiger partial charge in [0.05, 0.1) is 0 Å². The van der Waals surface area contributed by atoms with Crippen molar-refractivity contribution in [3.8, 4) is 0 Å². The Kier molecular flexibility index (Phi) is 3.85. The molecule has 0 heterocycles. The fraction of sp³-hybridized carbons (Fsp3) is 0.714. The van der Waals surface area contributed by atoms with E-state index in [1.165, 1.54) is 6.92 Å². The summed E-state index contributed by atoms with van der Waals surface area (Å²) in [5, 5.41) is 8.64. The van der Waals surface area contributed by atoms with Gasteiger partial charge in [-0.25, -0.2) is 4.79 Å². The second kappa shape index (κ2) is 4.18. The van der Waals surface area contributed by atoms with Gasteiger partial charge in [-0.3, -0.25) is 4.79 Å². The van der Waals surface area contributed by atoms with Gasteiger partial charge in [0.15, 0.2) is 11.3 Å². The molecular weight excluding hydrogens is 160 g/mol. The zero-order chi connectivity index (χ0) is 9.78. The number of hydrogen-bond donors (Lipinski definition) is 3. The summed E-state index contributed by atoms with van der Waals surface area (Å²) in [7, 11) is 0. The van der Waals surface area contributed by atoms with Gasteiger partial charge in [-0.1, -0.05) is 0 Å². The largest absolute Gasteiger partial charge is 0.480 e. The predicted molar refractivity (Wildman–Crippen MR) is 43.5 cm³/mol. The average Bonchev–Trinajstić information content (AvgIpc) is 1.99. The van der Waals surface area contributed by atoms with Crippen molar-refractivity contribution < 1.29 is 14.7 Å². The highest BCUT2D eigenvalue weighted by Crippen LogP contribution is 2.10. The van der Waals surface area contributed by atoms with Gasteiger partial charge in [-0.2, -0.15) is 0 Å². The first-order chi connectivity index (χ1) is 5.45. The van der Waals surface area contributed by atoms with Crippen LogP contribution in [0.3, 0.4) is 0 Å². The lowest BCUT2D eigenvalue weighted by Gasteiger charge is -2.20. The molecule has 0 aliphatic rings. The lowest BCUT2D eigenvalue weighted by atomic mass is 9.91. The molecule has 0 rings (SSSR count). The van der Waals surface area contributed by atoms with Crippen LogP contribution in [-0.2, 0) is 9.59 Å². The molecule has 0 fully saturated rings. The molecule has 0 saturated heterocycles. The number of nitrogens with two attached hydrogens (primary N) is 2. The topological polar surface area (TPSA) is 106 Å². The van der Waals surface area contributed by atoms with Crippen LogP contribution in [0.2, 0.25) is 0 Å². The van der Waals surface area contributed by atoms with E-state index in [9.17, 15) is 9.59 Å². The fourth-order valence-electron chi connectivity index (χ4n) is 0.814. The number of carbonyl (C=O) groups is 2. The van der Waals surface area contributed by atoms with E-state index in [4.69, 9.17) is 16.6 Å². The molecule has 0 aromatic carbocycles. The maximum absolute atomic E-state index is 10.9. The normalized spacial score (nSPS) is 15.2. The first-order valence-electron chi connectivity index (χ1n) is 3.68. The van der Waals surface area contributed by atoms with Crippen LogP contribution in [-0.4, -0.2) is 28.9 Å². The summed E-state index contributed by atoms with van der Waals surface area (Å²) >= 11 is 0. The van der Waals surface area contributed by atoms with Crippen molar-refractivity contribution in [2.45, 2.75) is 25.3 Å². The molecule has 1 atom stereocenters. The number of carbonyl (C=O) groups excluding carboxylic acids is 1. The molecule has 0 saturated carbocycles. The Morgan fingerprint density at radius 3 is 2.25 bits per heavy atom. The number of hydrogen-bond acceptors (Lipinski definition) is 4. The van der Waals surface area contributed by atoms with Crippen molar-refractivity contribution in [1.29, 1.82) is 0 Å². The minimum Gasteiger partial charge on any atom is -0.480 e. The monoisotopic (exact) mass is 174 g/mol. The summed E-state index contributed by atoms with van der Waals surface area (Å²) < 4.78 is 0.